The molecule has 0 spiro atoms. The van der Waals surface area contributed by atoms with Crippen molar-refractivity contribution in [1.29, 1.82) is 0 Å². The number of para-hydroxylation sites is 1. The monoisotopic (exact) mass is 405 g/mol. The molecule has 0 bridgehead atoms. The van der Waals surface area contributed by atoms with Crippen LogP contribution in [-0.2, 0) is 7.05 Å². The van der Waals surface area contributed by atoms with E-state index in [1.165, 1.54) is 24.8 Å². The number of carbonyl (C=O) groups is 1. The number of piperidine rings is 1. The molecule has 1 amide bonds. The third-order valence-electron chi connectivity index (χ3n) is 6.22. The number of amides is 1. The van der Waals surface area contributed by atoms with Gasteiger partial charge in [0.25, 0.3) is 5.91 Å². The second-order valence-corrected chi connectivity index (χ2v) is 8.22. The normalized spacial score (nSPS) is 15.8. The number of benzene rings is 2. The Labute approximate surface area is 178 Å². The molecule has 1 atom stereocenters. The van der Waals surface area contributed by atoms with E-state index in [1.54, 1.807) is 7.11 Å². The Bertz CT molecular complexity index is 1030. The highest BCUT2D eigenvalue weighted by Crippen LogP contribution is 2.31. The molecule has 5 heteroatoms. The Morgan fingerprint density at radius 1 is 1.10 bits per heavy atom. The third kappa shape index (κ3) is 4.08. The highest BCUT2D eigenvalue weighted by atomic mass is 16.5. The predicted molar refractivity (Wildman–Crippen MR) is 121 cm³/mol. The van der Waals surface area contributed by atoms with Crippen molar-refractivity contribution in [2.45, 2.75) is 32.2 Å². The van der Waals surface area contributed by atoms with Crippen molar-refractivity contribution in [2.75, 3.05) is 26.7 Å². The topological polar surface area (TPSA) is 46.5 Å². The smallest absolute Gasteiger partial charge is 0.267 e. The number of likely N-dealkylation sites (tertiary alicyclic amines) is 1. The zero-order valence-electron chi connectivity index (χ0n) is 18.1. The summed E-state index contributed by atoms with van der Waals surface area (Å²) >= 11 is 0. The summed E-state index contributed by atoms with van der Waals surface area (Å²) in [6.07, 6.45) is 3.67. The van der Waals surface area contributed by atoms with Gasteiger partial charge in [0.1, 0.15) is 11.4 Å². The second kappa shape index (κ2) is 8.92. The number of aryl methyl sites for hydroxylation is 2. The number of rotatable bonds is 6. The molecule has 158 valence electrons. The molecule has 30 heavy (non-hydrogen) atoms. The van der Waals surface area contributed by atoms with Gasteiger partial charge in [0.05, 0.1) is 13.2 Å². The Morgan fingerprint density at radius 2 is 1.87 bits per heavy atom. The van der Waals surface area contributed by atoms with Crippen LogP contribution in [0.1, 0.15) is 46.9 Å². The molecule has 0 radical (unpaired) electrons. The summed E-state index contributed by atoms with van der Waals surface area (Å²) in [4.78, 5) is 15.6. The zero-order chi connectivity index (χ0) is 21.1. The van der Waals surface area contributed by atoms with Gasteiger partial charge in [-0.1, -0.05) is 36.2 Å². The molecule has 1 aromatic heterocycles. The Morgan fingerprint density at radius 3 is 2.63 bits per heavy atom. The van der Waals surface area contributed by atoms with Gasteiger partial charge >= 0.3 is 0 Å². The summed E-state index contributed by atoms with van der Waals surface area (Å²) in [6, 6.07) is 16.5. The molecule has 2 heterocycles. The van der Waals surface area contributed by atoms with Crippen LogP contribution in [0.4, 0.5) is 0 Å². The minimum Gasteiger partial charge on any atom is -0.496 e. The Balaban J connectivity index is 1.57. The first-order valence-electron chi connectivity index (χ1n) is 10.8. The molecule has 2 aromatic carbocycles. The fourth-order valence-electron chi connectivity index (χ4n) is 4.57. The molecular formula is C25H31N3O2. The first kappa shape index (κ1) is 20.5. The van der Waals surface area contributed by atoms with Crippen molar-refractivity contribution in [3.63, 3.8) is 0 Å². The summed E-state index contributed by atoms with van der Waals surface area (Å²) in [7, 11) is 3.66. The maximum Gasteiger partial charge on any atom is 0.267 e. The van der Waals surface area contributed by atoms with E-state index in [2.05, 4.69) is 41.4 Å². The summed E-state index contributed by atoms with van der Waals surface area (Å²) < 4.78 is 7.61. The SMILES string of the molecule is COc1ccccc1[C@@H](CNC(=O)c1cc2cc(C)ccc2n1C)N1CCCCC1. The molecular weight excluding hydrogens is 374 g/mol. The quantitative estimate of drug-likeness (QED) is 0.659. The molecule has 1 fully saturated rings. The maximum atomic E-state index is 13.1. The lowest BCUT2D eigenvalue weighted by Crippen LogP contribution is -2.41. The summed E-state index contributed by atoms with van der Waals surface area (Å²) in [5.74, 6) is 0.839. The lowest BCUT2D eigenvalue weighted by atomic mass is 10.0. The number of nitrogens with one attached hydrogen (secondary N) is 1. The predicted octanol–water partition coefficient (Wildman–Crippen LogP) is 4.45. The van der Waals surface area contributed by atoms with Crippen molar-refractivity contribution in [1.82, 2.24) is 14.8 Å². The molecule has 3 aromatic rings. The van der Waals surface area contributed by atoms with E-state index in [0.29, 0.717) is 12.2 Å². The number of methoxy groups -OCH3 is 1. The molecule has 0 unspecified atom stereocenters. The standard InChI is InChI=1S/C25H31N3O2/c1-18-11-12-21-19(15-18)16-22(27(21)2)25(29)26-17-23(28-13-7-4-8-14-28)20-9-5-6-10-24(20)30-3/h5-6,9-12,15-16,23H,4,7-8,13-14,17H2,1-3H3,(H,26,29)/t23-/m1/s1. The number of hydrogen-bond acceptors (Lipinski definition) is 3. The van der Waals surface area contributed by atoms with E-state index in [4.69, 9.17) is 4.74 Å². The molecule has 0 saturated carbocycles. The number of aromatic nitrogens is 1. The number of carbonyl (C=O) groups excluding carboxylic acids is 1. The first-order chi connectivity index (χ1) is 14.6. The van der Waals surface area contributed by atoms with Crippen molar-refractivity contribution >= 4 is 16.8 Å². The fraction of sp³-hybridized carbons (Fsp3) is 0.400. The molecule has 1 N–H and O–H groups in total. The van der Waals surface area contributed by atoms with Gasteiger partial charge in [-0.2, -0.15) is 0 Å². The van der Waals surface area contributed by atoms with E-state index in [1.807, 2.05) is 35.9 Å². The Hall–Kier alpha value is -2.79. The van der Waals surface area contributed by atoms with Crippen LogP contribution in [0.15, 0.2) is 48.5 Å². The molecule has 4 rings (SSSR count). The van der Waals surface area contributed by atoms with Gasteiger partial charge in [-0.15, -0.1) is 0 Å². The average molecular weight is 406 g/mol. The third-order valence-corrected chi connectivity index (χ3v) is 6.22. The van der Waals surface area contributed by atoms with Crippen LogP contribution < -0.4 is 10.1 Å². The minimum atomic E-state index is -0.0386. The van der Waals surface area contributed by atoms with Gasteiger partial charge in [-0.25, -0.2) is 0 Å². The van der Waals surface area contributed by atoms with Crippen molar-refractivity contribution < 1.29 is 9.53 Å². The van der Waals surface area contributed by atoms with Gasteiger partial charge in [-0.05, 0) is 57.1 Å². The first-order valence-corrected chi connectivity index (χ1v) is 10.8. The van der Waals surface area contributed by atoms with Crippen LogP contribution >= 0.6 is 0 Å². The van der Waals surface area contributed by atoms with Gasteiger partial charge in [0, 0.05) is 30.1 Å². The number of nitrogens with zero attached hydrogens (tertiary/aromatic N) is 2. The van der Waals surface area contributed by atoms with Crippen LogP contribution in [0.25, 0.3) is 10.9 Å². The lowest BCUT2D eigenvalue weighted by molar-refractivity contribution is 0.0915. The molecule has 1 aliphatic rings. The molecule has 1 saturated heterocycles. The number of fused-ring (bicyclic) bond motifs is 1. The van der Waals surface area contributed by atoms with Crippen molar-refractivity contribution in [3.8, 4) is 5.75 Å². The minimum absolute atomic E-state index is 0.0386. The second-order valence-electron chi connectivity index (χ2n) is 8.22. The van der Waals surface area contributed by atoms with Gasteiger partial charge < -0.3 is 14.6 Å². The van der Waals surface area contributed by atoms with Gasteiger partial charge in [-0.3, -0.25) is 9.69 Å². The van der Waals surface area contributed by atoms with E-state index in [9.17, 15) is 4.79 Å². The molecule has 5 nitrogen and oxygen atoms in total. The van der Waals surface area contributed by atoms with Crippen LogP contribution in [-0.4, -0.2) is 42.1 Å². The van der Waals surface area contributed by atoms with Crippen LogP contribution in [0.5, 0.6) is 5.75 Å². The van der Waals surface area contributed by atoms with Crippen LogP contribution in [0, 0.1) is 6.92 Å². The van der Waals surface area contributed by atoms with E-state index in [0.717, 1.165) is 35.3 Å². The van der Waals surface area contributed by atoms with Crippen molar-refractivity contribution in [2.24, 2.45) is 7.05 Å². The lowest BCUT2D eigenvalue weighted by Gasteiger charge is -2.35. The highest BCUT2D eigenvalue weighted by Gasteiger charge is 2.26. The van der Waals surface area contributed by atoms with Gasteiger partial charge in [0.2, 0.25) is 0 Å². The van der Waals surface area contributed by atoms with E-state index < -0.39 is 0 Å². The maximum absolute atomic E-state index is 13.1. The largest absolute Gasteiger partial charge is 0.496 e. The van der Waals surface area contributed by atoms with E-state index >= 15 is 0 Å². The zero-order valence-corrected chi connectivity index (χ0v) is 18.1. The van der Waals surface area contributed by atoms with Crippen molar-refractivity contribution in [3.05, 3.63) is 65.4 Å². The van der Waals surface area contributed by atoms with Gasteiger partial charge in [0.15, 0.2) is 0 Å². The number of hydrogen-bond donors (Lipinski definition) is 1. The van der Waals surface area contributed by atoms with Crippen LogP contribution in [0.3, 0.4) is 0 Å². The Kier molecular flexibility index (Phi) is 6.09. The fourth-order valence-corrected chi connectivity index (χ4v) is 4.57. The highest BCUT2D eigenvalue weighted by molar-refractivity contribution is 5.98. The van der Waals surface area contributed by atoms with Crippen LogP contribution in [0.2, 0.25) is 0 Å². The number of ether oxygens (including phenoxy) is 1. The summed E-state index contributed by atoms with van der Waals surface area (Å²) in [5, 5.41) is 4.30. The molecule has 1 aliphatic heterocycles. The molecule has 0 aliphatic carbocycles. The summed E-state index contributed by atoms with van der Waals surface area (Å²) in [6.45, 7) is 4.72. The van der Waals surface area contributed by atoms with E-state index in [-0.39, 0.29) is 11.9 Å². The average Bonchev–Trinajstić information content (AvgIpc) is 3.10. The summed E-state index contributed by atoms with van der Waals surface area (Å²) in [5.41, 5.74) is 4.09.